The molecule has 0 aliphatic carbocycles. The smallest absolute Gasteiger partial charge is 0.0465 e. The maximum absolute atomic E-state index is 3.34. The highest BCUT2D eigenvalue weighted by Crippen LogP contribution is 2.32. The van der Waals surface area contributed by atoms with Gasteiger partial charge in [0, 0.05) is 30.1 Å². The molecule has 1 fully saturated rings. The summed E-state index contributed by atoms with van der Waals surface area (Å²) in [7, 11) is 2.26. The van der Waals surface area contributed by atoms with Gasteiger partial charge in [0.25, 0.3) is 0 Å². The molecule has 84 valence electrons. The van der Waals surface area contributed by atoms with Crippen molar-refractivity contribution in [1.29, 1.82) is 0 Å². The molecule has 0 radical (unpaired) electrons. The third kappa shape index (κ3) is 2.25. The lowest BCUT2D eigenvalue weighted by atomic mass is 9.98. The maximum atomic E-state index is 3.34. The Balaban J connectivity index is 2.12. The van der Waals surface area contributed by atoms with Gasteiger partial charge < -0.3 is 5.32 Å². The van der Waals surface area contributed by atoms with Gasteiger partial charge in [0.05, 0.1) is 0 Å². The second kappa shape index (κ2) is 4.64. The number of hydrogen-bond donors (Lipinski definition) is 1. The molecule has 2 nitrogen and oxygen atoms in total. The van der Waals surface area contributed by atoms with Crippen molar-refractivity contribution >= 4 is 11.3 Å². The molecule has 0 amide bonds. The first kappa shape index (κ1) is 11.1. The number of thiophene rings is 1. The van der Waals surface area contributed by atoms with Crippen molar-refractivity contribution in [1.82, 2.24) is 10.2 Å². The van der Waals surface area contributed by atoms with E-state index in [-0.39, 0.29) is 0 Å². The van der Waals surface area contributed by atoms with E-state index in [0.717, 1.165) is 19.1 Å². The number of nitrogens with zero attached hydrogens (tertiary/aromatic N) is 1. The molecule has 0 spiro atoms. The van der Waals surface area contributed by atoms with Gasteiger partial charge in [-0.25, -0.2) is 0 Å². The Bertz CT molecular complexity index is 291. The molecular formula is C12H20N2S. The van der Waals surface area contributed by atoms with Crippen LogP contribution in [0, 0.1) is 5.92 Å². The second-order valence-electron chi connectivity index (χ2n) is 4.68. The Morgan fingerprint density at radius 3 is 2.60 bits per heavy atom. The van der Waals surface area contributed by atoms with Gasteiger partial charge in [0.2, 0.25) is 0 Å². The average molecular weight is 224 g/mol. The van der Waals surface area contributed by atoms with Crippen LogP contribution in [-0.4, -0.2) is 31.1 Å². The minimum absolute atomic E-state index is 0.581. The summed E-state index contributed by atoms with van der Waals surface area (Å²) < 4.78 is 0. The van der Waals surface area contributed by atoms with Crippen LogP contribution in [0.3, 0.4) is 0 Å². The third-order valence-electron chi connectivity index (χ3n) is 3.24. The van der Waals surface area contributed by atoms with Crippen molar-refractivity contribution in [2.24, 2.45) is 5.92 Å². The van der Waals surface area contributed by atoms with Gasteiger partial charge in [0.1, 0.15) is 0 Å². The van der Waals surface area contributed by atoms with Crippen LogP contribution in [0.5, 0.6) is 0 Å². The summed E-state index contributed by atoms with van der Waals surface area (Å²) in [4.78, 5) is 4.03. The van der Waals surface area contributed by atoms with E-state index in [1.807, 2.05) is 11.3 Å². The number of likely N-dealkylation sites (N-methyl/N-ethyl adjacent to an activating group) is 1. The summed E-state index contributed by atoms with van der Waals surface area (Å²) in [5.74, 6) is 0.675. The van der Waals surface area contributed by atoms with E-state index in [1.54, 1.807) is 0 Å². The van der Waals surface area contributed by atoms with Crippen molar-refractivity contribution in [2.45, 2.75) is 25.9 Å². The van der Waals surface area contributed by atoms with Crippen LogP contribution in [0.15, 0.2) is 17.5 Å². The van der Waals surface area contributed by atoms with E-state index >= 15 is 0 Å². The standard InChI is InChI=1S/C12H20N2S/c1-9(2)12(11-5-4-6-15-11)14(3)10-7-13-8-10/h4-6,9-10,12-13H,7-8H2,1-3H3. The number of rotatable bonds is 4. The van der Waals surface area contributed by atoms with E-state index in [2.05, 4.69) is 48.6 Å². The molecule has 15 heavy (non-hydrogen) atoms. The lowest BCUT2D eigenvalue weighted by Crippen LogP contribution is -2.57. The fraction of sp³-hybridized carbons (Fsp3) is 0.667. The normalized spacial score (nSPS) is 19.5. The topological polar surface area (TPSA) is 15.3 Å². The van der Waals surface area contributed by atoms with E-state index in [4.69, 9.17) is 0 Å². The lowest BCUT2D eigenvalue weighted by molar-refractivity contribution is 0.101. The van der Waals surface area contributed by atoms with Crippen LogP contribution in [0.1, 0.15) is 24.8 Å². The lowest BCUT2D eigenvalue weighted by Gasteiger charge is -2.41. The molecular weight excluding hydrogens is 204 g/mol. The number of nitrogens with one attached hydrogen (secondary N) is 1. The highest BCUT2D eigenvalue weighted by molar-refractivity contribution is 7.10. The van der Waals surface area contributed by atoms with E-state index in [0.29, 0.717) is 12.0 Å². The van der Waals surface area contributed by atoms with Crippen molar-refractivity contribution in [2.75, 3.05) is 20.1 Å². The van der Waals surface area contributed by atoms with Gasteiger partial charge in [-0.3, -0.25) is 4.90 Å². The van der Waals surface area contributed by atoms with E-state index in [9.17, 15) is 0 Å². The van der Waals surface area contributed by atoms with Crippen molar-refractivity contribution < 1.29 is 0 Å². The molecule has 1 aliphatic heterocycles. The molecule has 1 saturated heterocycles. The van der Waals surface area contributed by atoms with E-state index < -0.39 is 0 Å². The summed E-state index contributed by atoms with van der Waals surface area (Å²) in [6.07, 6.45) is 0. The van der Waals surface area contributed by atoms with Crippen molar-refractivity contribution in [3.8, 4) is 0 Å². The first-order valence-corrected chi connectivity index (χ1v) is 6.54. The first-order valence-electron chi connectivity index (χ1n) is 5.66. The molecule has 1 N–H and O–H groups in total. The highest BCUT2D eigenvalue weighted by atomic mass is 32.1. The predicted molar refractivity (Wildman–Crippen MR) is 66.3 cm³/mol. The van der Waals surface area contributed by atoms with Crippen molar-refractivity contribution in [3.63, 3.8) is 0 Å². The molecule has 0 aromatic carbocycles. The summed E-state index contributed by atoms with van der Waals surface area (Å²) >= 11 is 1.88. The molecule has 2 rings (SSSR count). The van der Waals surface area contributed by atoms with E-state index in [1.165, 1.54) is 4.88 Å². The van der Waals surface area contributed by atoms with Crippen LogP contribution in [0.4, 0.5) is 0 Å². The van der Waals surface area contributed by atoms with Gasteiger partial charge in [-0.05, 0) is 24.4 Å². The minimum atomic E-state index is 0.581. The zero-order chi connectivity index (χ0) is 10.8. The maximum Gasteiger partial charge on any atom is 0.0465 e. The quantitative estimate of drug-likeness (QED) is 0.844. The number of hydrogen-bond acceptors (Lipinski definition) is 3. The summed E-state index contributed by atoms with van der Waals surface area (Å²) in [6, 6.07) is 5.72. The van der Waals surface area contributed by atoms with Gasteiger partial charge in [-0.15, -0.1) is 11.3 Å². The van der Waals surface area contributed by atoms with Crippen LogP contribution in [-0.2, 0) is 0 Å². The minimum Gasteiger partial charge on any atom is -0.314 e. The predicted octanol–water partition coefficient (Wildman–Crippen LogP) is 2.35. The summed E-state index contributed by atoms with van der Waals surface area (Å²) in [5, 5.41) is 5.52. The molecule has 1 aromatic heterocycles. The Morgan fingerprint density at radius 2 is 2.20 bits per heavy atom. The van der Waals surface area contributed by atoms with Crippen LogP contribution in [0.25, 0.3) is 0 Å². The van der Waals surface area contributed by atoms with Gasteiger partial charge in [-0.2, -0.15) is 0 Å². The first-order chi connectivity index (χ1) is 7.20. The highest BCUT2D eigenvalue weighted by Gasteiger charge is 2.30. The largest absolute Gasteiger partial charge is 0.314 e. The Labute approximate surface area is 96.3 Å². The molecule has 2 heterocycles. The second-order valence-corrected chi connectivity index (χ2v) is 5.66. The Hall–Kier alpha value is -0.380. The van der Waals surface area contributed by atoms with Crippen LogP contribution >= 0.6 is 11.3 Å². The molecule has 1 aromatic rings. The average Bonchev–Trinajstić information content (AvgIpc) is 2.52. The molecule has 3 heteroatoms. The molecule has 0 bridgehead atoms. The van der Waals surface area contributed by atoms with Gasteiger partial charge in [-0.1, -0.05) is 19.9 Å². The summed E-state index contributed by atoms with van der Waals surface area (Å²) in [5.41, 5.74) is 0. The zero-order valence-electron chi connectivity index (χ0n) is 9.73. The summed E-state index contributed by atoms with van der Waals surface area (Å²) in [6.45, 7) is 6.91. The fourth-order valence-electron chi connectivity index (χ4n) is 2.25. The monoisotopic (exact) mass is 224 g/mol. The van der Waals surface area contributed by atoms with Gasteiger partial charge >= 0.3 is 0 Å². The molecule has 1 unspecified atom stereocenters. The van der Waals surface area contributed by atoms with Crippen LogP contribution < -0.4 is 5.32 Å². The van der Waals surface area contributed by atoms with Crippen molar-refractivity contribution in [3.05, 3.63) is 22.4 Å². The Morgan fingerprint density at radius 1 is 1.47 bits per heavy atom. The third-order valence-corrected chi connectivity index (χ3v) is 4.18. The van der Waals surface area contributed by atoms with Crippen LogP contribution in [0.2, 0.25) is 0 Å². The molecule has 1 aliphatic rings. The fourth-order valence-corrected chi connectivity index (χ4v) is 3.30. The zero-order valence-corrected chi connectivity index (χ0v) is 10.6. The SMILES string of the molecule is CC(C)C(c1cccs1)N(C)C1CNC1. The Kier molecular flexibility index (Phi) is 3.44. The molecule has 0 saturated carbocycles. The van der Waals surface area contributed by atoms with Gasteiger partial charge in [0.15, 0.2) is 0 Å². The molecule has 1 atom stereocenters.